The molecule has 1 rings (SSSR count). The Labute approximate surface area is 149 Å². The van der Waals surface area contributed by atoms with Gasteiger partial charge in [-0.3, -0.25) is 0 Å². The molecule has 0 aromatic rings. The SMILES string of the molecule is C=C(/C=C\C(=C)C1=CC=C(C(C)C)CC1)C(=C)/C=C\C(=C)C(C)C. The second-order valence-corrected chi connectivity index (χ2v) is 7.06. The van der Waals surface area contributed by atoms with Gasteiger partial charge in [0.05, 0.1) is 0 Å². The standard InChI is InChI=1S/C24H32/c1-17(2)19(5)9-10-20(6)21(7)11-12-22(8)24-15-13-23(14-16-24)18(3)4/h9-13,15,17-18H,5-8,14,16H2,1-4H3/b10-9-,12-11-. The van der Waals surface area contributed by atoms with Crippen molar-refractivity contribution in [1.82, 2.24) is 0 Å². The molecule has 0 aromatic carbocycles. The molecule has 0 radical (unpaired) electrons. The highest BCUT2D eigenvalue weighted by Gasteiger charge is 2.10. The fourth-order valence-electron chi connectivity index (χ4n) is 2.32. The first-order valence-corrected chi connectivity index (χ1v) is 8.74. The number of rotatable bonds is 8. The van der Waals surface area contributed by atoms with Crippen molar-refractivity contribution in [3.63, 3.8) is 0 Å². The molecule has 0 fully saturated rings. The third-order valence-corrected chi connectivity index (χ3v) is 4.47. The average Bonchev–Trinajstić information content (AvgIpc) is 2.56. The predicted molar refractivity (Wildman–Crippen MR) is 110 cm³/mol. The van der Waals surface area contributed by atoms with Gasteiger partial charge >= 0.3 is 0 Å². The fraction of sp³-hybridized carbons (Fsp3) is 0.333. The molecular formula is C24H32. The second kappa shape index (κ2) is 9.27. The maximum atomic E-state index is 4.19. The van der Waals surface area contributed by atoms with Crippen LogP contribution in [0.2, 0.25) is 0 Å². The van der Waals surface area contributed by atoms with Gasteiger partial charge in [0.2, 0.25) is 0 Å². The zero-order valence-electron chi connectivity index (χ0n) is 15.9. The van der Waals surface area contributed by atoms with Crippen molar-refractivity contribution in [2.24, 2.45) is 11.8 Å². The van der Waals surface area contributed by atoms with Gasteiger partial charge in [-0.15, -0.1) is 0 Å². The Hall–Kier alpha value is -2.08. The molecule has 0 heterocycles. The van der Waals surface area contributed by atoms with Crippen molar-refractivity contribution in [1.29, 1.82) is 0 Å². The Morgan fingerprint density at radius 1 is 0.833 bits per heavy atom. The molecular weight excluding hydrogens is 288 g/mol. The third kappa shape index (κ3) is 6.20. The van der Waals surface area contributed by atoms with E-state index in [1.807, 2.05) is 24.3 Å². The normalized spacial score (nSPS) is 15.1. The summed E-state index contributed by atoms with van der Waals surface area (Å²) in [5.74, 6) is 1.07. The van der Waals surface area contributed by atoms with Crippen molar-refractivity contribution >= 4 is 0 Å². The van der Waals surface area contributed by atoms with Crippen LogP contribution in [0.4, 0.5) is 0 Å². The molecule has 0 N–H and O–H groups in total. The number of hydrogen-bond acceptors (Lipinski definition) is 0. The molecule has 0 heteroatoms. The Balaban J connectivity index is 2.66. The van der Waals surface area contributed by atoms with E-state index in [0.29, 0.717) is 11.8 Å². The Morgan fingerprint density at radius 3 is 1.88 bits per heavy atom. The lowest BCUT2D eigenvalue weighted by molar-refractivity contribution is 0.702. The van der Waals surface area contributed by atoms with E-state index in [2.05, 4.69) is 66.2 Å². The molecule has 24 heavy (non-hydrogen) atoms. The summed E-state index contributed by atoms with van der Waals surface area (Å²) >= 11 is 0. The van der Waals surface area contributed by atoms with Crippen molar-refractivity contribution < 1.29 is 0 Å². The number of allylic oxidation sites excluding steroid dienone is 12. The van der Waals surface area contributed by atoms with Crippen LogP contribution in [0.3, 0.4) is 0 Å². The van der Waals surface area contributed by atoms with Gasteiger partial charge in [-0.05, 0) is 47.0 Å². The smallest absolute Gasteiger partial charge is 0.0225 e. The summed E-state index contributed by atoms with van der Waals surface area (Å²) in [7, 11) is 0. The molecule has 0 amide bonds. The molecule has 0 atom stereocenters. The first-order chi connectivity index (χ1) is 11.2. The van der Waals surface area contributed by atoms with Crippen LogP contribution in [0.1, 0.15) is 40.5 Å². The summed E-state index contributed by atoms with van der Waals surface area (Å²) in [4.78, 5) is 0. The quantitative estimate of drug-likeness (QED) is 0.412. The summed E-state index contributed by atoms with van der Waals surface area (Å²) in [6.45, 7) is 25.1. The van der Waals surface area contributed by atoms with Crippen LogP contribution in [0.15, 0.2) is 96.2 Å². The molecule has 1 aliphatic carbocycles. The molecule has 128 valence electrons. The highest BCUT2D eigenvalue weighted by Crippen LogP contribution is 2.28. The zero-order valence-corrected chi connectivity index (χ0v) is 15.9. The topological polar surface area (TPSA) is 0 Å². The van der Waals surface area contributed by atoms with Crippen molar-refractivity contribution in [2.75, 3.05) is 0 Å². The van der Waals surface area contributed by atoms with Crippen molar-refractivity contribution in [3.05, 3.63) is 96.2 Å². The highest BCUT2D eigenvalue weighted by atomic mass is 14.2. The van der Waals surface area contributed by atoms with E-state index in [-0.39, 0.29) is 0 Å². The minimum atomic E-state index is 0.444. The lowest BCUT2D eigenvalue weighted by atomic mass is 9.88. The summed E-state index contributed by atoms with van der Waals surface area (Å²) in [6.07, 6.45) is 14.7. The van der Waals surface area contributed by atoms with E-state index in [1.165, 1.54) is 11.1 Å². The minimum Gasteiger partial charge on any atom is -0.0956 e. The summed E-state index contributed by atoms with van der Waals surface area (Å²) in [6, 6.07) is 0. The molecule has 0 nitrogen and oxygen atoms in total. The van der Waals surface area contributed by atoms with Crippen LogP contribution in [-0.4, -0.2) is 0 Å². The van der Waals surface area contributed by atoms with Gasteiger partial charge in [0.1, 0.15) is 0 Å². The van der Waals surface area contributed by atoms with E-state index >= 15 is 0 Å². The van der Waals surface area contributed by atoms with E-state index in [1.54, 1.807) is 0 Å². The lowest BCUT2D eigenvalue weighted by Gasteiger charge is -2.17. The number of hydrogen-bond donors (Lipinski definition) is 0. The summed E-state index contributed by atoms with van der Waals surface area (Å²) < 4.78 is 0. The van der Waals surface area contributed by atoms with Crippen molar-refractivity contribution in [3.8, 4) is 0 Å². The maximum absolute atomic E-state index is 4.19. The molecule has 0 aromatic heterocycles. The minimum absolute atomic E-state index is 0.444. The molecule has 0 saturated heterocycles. The van der Waals surface area contributed by atoms with Crippen LogP contribution < -0.4 is 0 Å². The van der Waals surface area contributed by atoms with E-state index < -0.39 is 0 Å². The first kappa shape index (κ1) is 20.0. The van der Waals surface area contributed by atoms with Gasteiger partial charge in [0, 0.05) is 0 Å². The largest absolute Gasteiger partial charge is 0.0956 e. The summed E-state index contributed by atoms with van der Waals surface area (Å²) in [5.41, 5.74) is 6.77. The monoisotopic (exact) mass is 320 g/mol. The highest BCUT2D eigenvalue weighted by molar-refractivity contribution is 5.49. The van der Waals surface area contributed by atoms with E-state index in [9.17, 15) is 0 Å². The Kier molecular flexibility index (Phi) is 7.71. The predicted octanol–water partition coefficient (Wildman–Crippen LogP) is 7.28. The molecule has 1 aliphatic rings. The lowest BCUT2D eigenvalue weighted by Crippen LogP contribution is -2.00. The van der Waals surface area contributed by atoms with Crippen LogP contribution in [0.5, 0.6) is 0 Å². The van der Waals surface area contributed by atoms with E-state index in [0.717, 1.165) is 35.1 Å². The van der Waals surface area contributed by atoms with Gasteiger partial charge in [0.15, 0.2) is 0 Å². The van der Waals surface area contributed by atoms with Gasteiger partial charge in [0.25, 0.3) is 0 Å². The van der Waals surface area contributed by atoms with Gasteiger partial charge in [-0.25, -0.2) is 0 Å². The third-order valence-electron chi connectivity index (χ3n) is 4.47. The zero-order chi connectivity index (χ0) is 18.3. The van der Waals surface area contributed by atoms with Crippen LogP contribution >= 0.6 is 0 Å². The van der Waals surface area contributed by atoms with Gasteiger partial charge in [-0.1, -0.05) is 102 Å². The molecule has 0 aliphatic heterocycles. The second-order valence-electron chi connectivity index (χ2n) is 7.06. The van der Waals surface area contributed by atoms with Crippen LogP contribution in [0.25, 0.3) is 0 Å². The van der Waals surface area contributed by atoms with Gasteiger partial charge in [-0.2, -0.15) is 0 Å². The van der Waals surface area contributed by atoms with E-state index in [4.69, 9.17) is 0 Å². The Morgan fingerprint density at radius 2 is 1.42 bits per heavy atom. The van der Waals surface area contributed by atoms with Crippen molar-refractivity contribution in [2.45, 2.75) is 40.5 Å². The fourth-order valence-corrected chi connectivity index (χ4v) is 2.32. The molecule has 0 bridgehead atoms. The summed E-state index contributed by atoms with van der Waals surface area (Å²) in [5, 5.41) is 0. The average molecular weight is 321 g/mol. The Bertz CT molecular complexity index is 640. The maximum Gasteiger partial charge on any atom is -0.0225 e. The van der Waals surface area contributed by atoms with Crippen LogP contribution in [0, 0.1) is 11.8 Å². The van der Waals surface area contributed by atoms with Crippen LogP contribution in [-0.2, 0) is 0 Å². The first-order valence-electron chi connectivity index (χ1n) is 8.74. The molecule has 0 unspecified atom stereocenters. The van der Waals surface area contributed by atoms with Gasteiger partial charge < -0.3 is 0 Å². The molecule has 0 saturated carbocycles. The molecule has 0 spiro atoms.